The van der Waals surface area contributed by atoms with Gasteiger partial charge in [-0.25, -0.2) is 0 Å². The van der Waals surface area contributed by atoms with Crippen LogP contribution in [-0.2, 0) is 23.8 Å². The van der Waals surface area contributed by atoms with Gasteiger partial charge in [0.2, 0.25) is 0 Å². The highest BCUT2D eigenvalue weighted by molar-refractivity contribution is 5.70. The summed E-state index contributed by atoms with van der Waals surface area (Å²) < 4.78 is 17.3. The van der Waals surface area contributed by atoms with Crippen LogP contribution >= 0.6 is 0 Å². The molecule has 0 heterocycles. The van der Waals surface area contributed by atoms with E-state index in [0.29, 0.717) is 19.4 Å². The zero-order valence-corrected chi connectivity index (χ0v) is 37.4. The Hall–Kier alpha value is -2.14. The van der Waals surface area contributed by atoms with E-state index in [4.69, 9.17) is 14.2 Å². The minimum atomic E-state index is -0.545. The van der Waals surface area contributed by atoms with E-state index in [1.54, 1.807) is 0 Å². The predicted molar refractivity (Wildman–Crippen MR) is 242 cm³/mol. The summed E-state index contributed by atoms with van der Waals surface area (Å²) in [6, 6.07) is 0. The predicted octanol–water partition coefficient (Wildman–Crippen LogP) is 16.0. The maximum absolute atomic E-state index is 12.7. The van der Waals surface area contributed by atoms with E-state index in [-0.39, 0.29) is 25.2 Å². The van der Waals surface area contributed by atoms with Gasteiger partial charge in [-0.2, -0.15) is 0 Å². The standard InChI is InChI=1S/C51H92O5/c1-4-7-10-13-16-19-22-25-28-31-34-37-40-43-46-54-47-49(56-51(53)45-42-39-36-33-30-27-24-21-18-15-12-9-6-3)48-55-50(52)44-41-38-35-32-29-26-23-20-17-14-11-8-5-2/h11-12,14-15,20-21,23-24,49H,4-10,13,16-19,22,25-48H2,1-3H3/b14-11-,15-12-,23-20-,24-21-. The maximum atomic E-state index is 12.7. The lowest BCUT2D eigenvalue weighted by molar-refractivity contribution is -0.163. The van der Waals surface area contributed by atoms with Gasteiger partial charge < -0.3 is 14.2 Å². The lowest BCUT2D eigenvalue weighted by atomic mass is 10.0. The first kappa shape index (κ1) is 53.9. The topological polar surface area (TPSA) is 61.8 Å². The highest BCUT2D eigenvalue weighted by Crippen LogP contribution is 2.14. The summed E-state index contributed by atoms with van der Waals surface area (Å²) in [6.07, 6.45) is 56.8. The van der Waals surface area contributed by atoms with Crippen molar-refractivity contribution in [2.75, 3.05) is 19.8 Å². The van der Waals surface area contributed by atoms with Gasteiger partial charge in [-0.15, -0.1) is 0 Å². The molecule has 0 spiro atoms. The average molecular weight is 785 g/mol. The fourth-order valence-corrected chi connectivity index (χ4v) is 6.70. The molecular formula is C51H92O5. The van der Waals surface area contributed by atoms with Crippen molar-refractivity contribution in [2.24, 2.45) is 0 Å². The summed E-state index contributed by atoms with van der Waals surface area (Å²) >= 11 is 0. The van der Waals surface area contributed by atoms with Gasteiger partial charge in [0.15, 0.2) is 6.10 Å². The van der Waals surface area contributed by atoms with Gasteiger partial charge in [0, 0.05) is 19.4 Å². The number of rotatable bonds is 44. The first-order valence-electron chi connectivity index (χ1n) is 24.2. The van der Waals surface area contributed by atoms with Crippen molar-refractivity contribution >= 4 is 11.9 Å². The van der Waals surface area contributed by atoms with Crippen molar-refractivity contribution in [3.63, 3.8) is 0 Å². The number of allylic oxidation sites excluding steroid dienone is 8. The van der Waals surface area contributed by atoms with Crippen molar-refractivity contribution in [3.05, 3.63) is 48.6 Å². The number of unbranched alkanes of at least 4 members (excludes halogenated alkanes) is 25. The molecule has 0 aliphatic heterocycles. The first-order valence-corrected chi connectivity index (χ1v) is 24.2. The molecule has 0 radical (unpaired) electrons. The van der Waals surface area contributed by atoms with E-state index in [9.17, 15) is 9.59 Å². The number of ether oxygens (including phenoxy) is 3. The van der Waals surface area contributed by atoms with Crippen molar-refractivity contribution < 1.29 is 23.8 Å². The molecule has 0 amide bonds. The van der Waals surface area contributed by atoms with Crippen LogP contribution in [0.15, 0.2) is 48.6 Å². The molecule has 0 fully saturated rings. The van der Waals surface area contributed by atoms with Gasteiger partial charge >= 0.3 is 11.9 Å². The van der Waals surface area contributed by atoms with Gasteiger partial charge in [-0.3, -0.25) is 9.59 Å². The number of carbonyl (C=O) groups excluding carboxylic acids is 2. The van der Waals surface area contributed by atoms with Crippen LogP contribution in [0, 0.1) is 0 Å². The van der Waals surface area contributed by atoms with Crippen LogP contribution in [0.5, 0.6) is 0 Å². The molecular weight excluding hydrogens is 693 g/mol. The minimum absolute atomic E-state index is 0.0746. The van der Waals surface area contributed by atoms with Crippen LogP contribution in [0.4, 0.5) is 0 Å². The molecule has 0 aliphatic carbocycles. The average Bonchev–Trinajstić information content (AvgIpc) is 3.20. The molecule has 0 aromatic rings. The monoisotopic (exact) mass is 785 g/mol. The van der Waals surface area contributed by atoms with Crippen LogP contribution in [0.2, 0.25) is 0 Å². The molecule has 0 saturated carbocycles. The number of hydrogen-bond acceptors (Lipinski definition) is 5. The molecule has 0 saturated heterocycles. The molecule has 0 rings (SSSR count). The number of hydrogen-bond donors (Lipinski definition) is 0. The van der Waals surface area contributed by atoms with Gasteiger partial charge in [0.1, 0.15) is 6.61 Å². The number of esters is 2. The Morgan fingerprint density at radius 3 is 1.25 bits per heavy atom. The summed E-state index contributed by atoms with van der Waals surface area (Å²) in [5, 5.41) is 0. The Morgan fingerprint density at radius 2 is 0.786 bits per heavy atom. The molecule has 0 aromatic carbocycles. The second-order valence-electron chi connectivity index (χ2n) is 16.0. The van der Waals surface area contributed by atoms with Gasteiger partial charge in [-0.05, 0) is 70.6 Å². The smallest absolute Gasteiger partial charge is 0.306 e. The highest BCUT2D eigenvalue weighted by Gasteiger charge is 2.17. The van der Waals surface area contributed by atoms with Crippen molar-refractivity contribution in [1.82, 2.24) is 0 Å². The maximum Gasteiger partial charge on any atom is 0.306 e. The molecule has 326 valence electrons. The summed E-state index contributed by atoms with van der Waals surface area (Å²) in [7, 11) is 0. The largest absolute Gasteiger partial charge is 0.462 e. The molecule has 0 N–H and O–H groups in total. The first-order chi connectivity index (χ1) is 27.6. The lowest BCUT2D eigenvalue weighted by Crippen LogP contribution is -2.30. The summed E-state index contributed by atoms with van der Waals surface area (Å²) in [6.45, 7) is 7.69. The normalized spacial score (nSPS) is 12.6. The molecule has 1 unspecified atom stereocenters. The van der Waals surface area contributed by atoms with E-state index in [2.05, 4.69) is 69.4 Å². The number of carbonyl (C=O) groups is 2. The fraction of sp³-hybridized carbons (Fsp3) is 0.804. The fourth-order valence-electron chi connectivity index (χ4n) is 6.70. The van der Waals surface area contributed by atoms with Crippen LogP contribution in [0.3, 0.4) is 0 Å². The molecule has 0 aliphatic rings. The van der Waals surface area contributed by atoms with Crippen molar-refractivity contribution in [3.8, 4) is 0 Å². The molecule has 0 bridgehead atoms. The van der Waals surface area contributed by atoms with Gasteiger partial charge in [0.25, 0.3) is 0 Å². The Kier molecular flexibility index (Phi) is 45.4. The zero-order valence-electron chi connectivity index (χ0n) is 37.4. The minimum Gasteiger partial charge on any atom is -0.462 e. The second kappa shape index (κ2) is 47.2. The third-order valence-corrected chi connectivity index (χ3v) is 10.3. The van der Waals surface area contributed by atoms with E-state index >= 15 is 0 Å². The van der Waals surface area contributed by atoms with Crippen LogP contribution in [-0.4, -0.2) is 37.9 Å². The molecule has 56 heavy (non-hydrogen) atoms. The molecule has 1 atom stereocenters. The Morgan fingerprint density at radius 1 is 0.393 bits per heavy atom. The quantitative estimate of drug-likeness (QED) is 0.0350. The van der Waals surface area contributed by atoms with E-state index < -0.39 is 6.10 Å². The third-order valence-electron chi connectivity index (χ3n) is 10.3. The lowest BCUT2D eigenvalue weighted by Gasteiger charge is -2.18. The van der Waals surface area contributed by atoms with Crippen molar-refractivity contribution in [2.45, 2.75) is 245 Å². The highest BCUT2D eigenvalue weighted by atomic mass is 16.6. The Balaban J connectivity index is 4.28. The third kappa shape index (κ3) is 44.6. The molecule has 5 nitrogen and oxygen atoms in total. The Bertz CT molecular complexity index is 935. The summed E-state index contributed by atoms with van der Waals surface area (Å²) in [4.78, 5) is 25.3. The van der Waals surface area contributed by atoms with Gasteiger partial charge in [0.05, 0.1) is 6.61 Å². The van der Waals surface area contributed by atoms with E-state index in [0.717, 1.165) is 77.0 Å². The van der Waals surface area contributed by atoms with Crippen LogP contribution in [0.1, 0.15) is 239 Å². The SMILES string of the molecule is CCC/C=C\C/C=C\CCCCCCCC(=O)OCC(COCCCCCCCCCCCCCCCC)OC(=O)CCCCCCC/C=C\C/C=C\CCC. The van der Waals surface area contributed by atoms with Crippen LogP contribution in [0.25, 0.3) is 0 Å². The van der Waals surface area contributed by atoms with E-state index in [1.165, 1.54) is 128 Å². The van der Waals surface area contributed by atoms with Gasteiger partial charge in [-0.1, -0.05) is 204 Å². The molecule has 0 aromatic heterocycles. The Labute approximate surface area is 348 Å². The van der Waals surface area contributed by atoms with Crippen molar-refractivity contribution in [1.29, 1.82) is 0 Å². The molecule has 5 heteroatoms. The van der Waals surface area contributed by atoms with E-state index in [1.807, 2.05) is 0 Å². The summed E-state index contributed by atoms with van der Waals surface area (Å²) in [5.41, 5.74) is 0. The zero-order chi connectivity index (χ0) is 40.7. The second-order valence-corrected chi connectivity index (χ2v) is 16.0. The van der Waals surface area contributed by atoms with Crippen LogP contribution < -0.4 is 0 Å². The summed E-state index contributed by atoms with van der Waals surface area (Å²) in [5.74, 6) is -0.423.